The molecule has 0 aromatic carbocycles. The summed E-state index contributed by atoms with van der Waals surface area (Å²) < 4.78 is 0. The zero-order chi connectivity index (χ0) is 6.41. The van der Waals surface area contributed by atoms with Gasteiger partial charge in [0, 0.05) is 6.04 Å². The Labute approximate surface area is 50.3 Å². The van der Waals surface area contributed by atoms with E-state index in [1.54, 1.807) is 0 Å². The van der Waals surface area contributed by atoms with E-state index in [1.165, 1.54) is 0 Å². The van der Waals surface area contributed by atoms with Gasteiger partial charge in [0.1, 0.15) is 0 Å². The Morgan fingerprint density at radius 2 is 2.38 bits per heavy atom. The first-order chi connectivity index (χ1) is 3.81. The van der Waals surface area contributed by atoms with Crippen LogP contribution in [0.5, 0.6) is 0 Å². The van der Waals surface area contributed by atoms with Gasteiger partial charge in [-0.2, -0.15) is 0 Å². The molecule has 0 heterocycles. The predicted molar refractivity (Wildman–Crippen MR) is 33.6 cm³/mol. The van der Waals surface area contributed by atoms with Crippen LogP contribution in [0, 0.1) is 0 Å². The van der Waals surface area contributed by atoms with E-state index in [0.717, 1.165) is 19.3 Å². The van der Waals surface area contributed by atoms with E-state index in [9.17, 15) is 4.79 Å². The fourth-order valence-electron chi connectivity index (χ4n) is 0.632. The first-order valence-corrected chi connectivity index (χ1v) is 3.01. The van der Waals surface area contributed by atoms with Crippen molar-refractivity contribution < 1.29 is 4.79 Å². The highest BCUT2D eigenvalue weighted by Gasteiger charge is 1.93. The topological polar surface area (TPSA) is 29.1 Å². The van der Waals surface area contributed by atoms with Gasteiger partial charge in [0.25, 0.3) is 0 Å². The molecular weight excluding hydrogens is 102 g/mol. The Morgan fingerprint density at radius 1 is 1.75 bits per heavy atom. The van der Waals surface area contributed by atoms with E-state index in [4.69, 9.17) is 0 Å². The van der Waals surface area contributed by atoms with Gasteiger partial charge in [0.05, 0.1) is 0 Å². The Morgan fingerprint density at radius 3 is 2.75 bits per heavy atom. The lowest BCUT2D eigenvalue weighted by Gasteiger charge is -2.05. The molecule has 2 heteroatoms. The van der Waals surface area contributed by atoms with Gasteiger partial charge in [0.2, 0.25) is 6.41 Å². The van der Waals surface area contributed by atoms with E-state index in [1.807, 2.05) is 6.92 Å². The van der Waals surface area contributed by atoms with Gasteiger partial charge in [-0.15, -0.1) is 0 Å². The van der Waals surface area contributed by atoms with Gasteiger partial charge < -0.3 is 5.32 Å². The van der Waals surface area contributed by atoms with E-state index in [-0.39, 0.29) is 0 Å². The Bertz CT molecular complexity index is 63.5. The highest BCUT2D eigenvalue weighted by molar-refractivity contribution is 5.46. The molecule has 0 aliphatic carbocycles. The van der Waals surface area contributed by atoms with E-state index in [0.29, 0.717) is 6.04 Å². The summed E-state index contributed by atoms with van der Waals surface area (Å²) in [5.41, 5.74) is 0. The molecule has 1 atom stereocenters. The van der Waals surface area contributed by atoms with Crippen molar-refractivity contribution in [1.82, 2.24) is 5.32 Å². The summed E-state index contributed by atoms with van der Waals surface area (Å²) in [6.07, 6.45) is 2.95. The van der Waals surface area contributed by atoms with Gasteiger partial charge in [-0.25, -0.2) is 0 Å². The van der Waals surface area contributed by atoms with Crippen LogP contribution in [0.3, 0.4) is 0 Å². The molecular formula is C6H13NO. The number of nitrogens with one attached hydrogen (secondary N) is 1. The van der Waals surface area contributed by atoms with Crippen LogP contribution in [-0.4, -0.2) is 12.5 Å². The van der Waals surface area contributed by atoms with Crippen LogP contribution in [0.15, 0.2) is 0 Å². The van der Waals surface area contributed by atoms with Crippen molar-refractivity contribution in [2.75, 3.05) is 0 Å². The maximum absolute atomic E-state index is 9.78. The Balaban J connectivity index is 3.03. The monoisotopic (exact) mass is 115 g/mol. The molecule has 0 aliphatic rings. The molecule has 1 amide bonds. The molecule has 0 saturated heterocycles. The smallest absolute Gasteiger partial charge is 0.207 e. The van der Waals surface area contributed by atoms with Crippen LogP contribution in [0.25, 0.3) is 0 Å². The molecule has 0 radical (unpaired) electrons. The molecule has 0 bridgehead atoms. The summed E-state index contributed by atoms with van der Waals surface area (Å²) in [5, 5.41) is 2.67. The second kappa shape index (κ2) is 4.62. The quantitative estimate of drug-likeness (QED) is 0.542. The number of carbonyl (C=O) groups excluding carboxylic acids is 1. The van der Waals surface area contributed by atoms with Crippen LogP contribution in [0.4, 0.5) is 0 Å². The third-order valence-corrected chi connectivity index (χ3v) is 1.07. The normalized spacial score (nSPS) is 12.8. The van der Waals surface area contributed by atoms with Crippen LogP contribution < -0.4 is 5.32 Å². The molecule has 48 valence electrons. The van der Waals surface area contributed by atoms with Gasteiger partial charge in [-0.05, 0) is 13.3 Å². The molecule has 0 fully saturated rings. The van der Waals surface area contributed by atoms with Crippen molar-refractivity contribution in [2.45, 2.75) is 32.7 Å². The van der Waals surface area contributed by atoms with Crippen molar-refractivity contribution in [1.29, 1.82) is 0 Å². The van der Waals surface area contributed by atoms with Crippen LogP contribution >= 0.6 is 0 Å². The van der Waals surface area contributed by atoms with E-state index in [2.05, 4.69) is 12.2 Å². The fourth-order valence-corrected chi connectivity index (χ4v) is 0.632. The SMILES string of the molecule is CCCC(C)NC=O. The lowest BCUT2D eigenvalue weighted by Crippen LogP contribution is -2.23. The molecule has 0 rings (SSSR count). The minimum atomic E-state index is 0.345. The van der Waals surface area contributed by atoms with Gasteiger partial charge >= 0.3 is 0 Å². The molecule has 2 nitrogen and oxygen atoms in total. The van der Waals surface area contributed by atoms with Crippen molar-refractivity contribution in [3.05, 3.63) is 0 Å². The molecule has 8 heavy (non-hydrogen) atoms. The molecule has 1 unspecified atom stereocenters. The summed E-state index contributed by atoms with van der Waals surface area (Å²) in [5.74, 6) is 0. The second-order valence-corrected chi connectivity index (χ2v) is 1.97. The summed E-state index contributed by atoms with van der Waals surface area (Å²) >= 11 is 0. The van der Waals surface area contributed by atoms with E-state index < -0.39 is 0 Å². The van der Waals surface area contributed by atoms with Crippen molar-refractivity contribution in [2.24, 2.45) is 0 Å². The molecule has 1 N–H and O–H groups in total. The highest BCUT2D eigenvalue weighted by Crippen LogP contribution is 1.91. The maximum Gasteiger partial charge on any atom is 0.207 e. The summed E-state index contributed by atoms with van der Waals surface area (Å²) in [4.78, 5) is 9.78. The molecule has 0 spiro atoms. The molecule has 0 aromatic heterocycles. The molecule has 0 saturated carbocycles. The van der Waals surface area contributed by atoms with Crippen molar-refractivity contribution in [3.8, 4) is 0 Å². The summed E-state index contributed by atoms with van der Waals surface area (Å²) in [7, 11) is 0. The molecule has 0 aliphatic heterocycles. The predicted octanol–water partition coefficient (Wildman–Crippen LogP) is 0.921. The van der Waals surface area contributed by atoms with Crippen molar-refractivity contribution >= 4 is 6.41 Å². The van der Waals surface area contributed by atoms with Gasteiger partial charge in [0.15, 0.2) is 0 Å². The number of hydrogen-bond acceptors (Lipinski definition) is 1. The number of hydrogen-bond donors (Lipinski definition) is 1. The third kappa shape index (κ3) is 3.65. The van der Waals surface area contributed by atoms with Gasteiger partial charge in [-0.1, -0.05) is 13.3 Å². The first-order valence-electron chi connectivity index (χ1n) is 3.01. The Hall–Kier alpha value is -0.530. The standard InChI is InChI=1S/C6H13NO/c1-3-4-6(2)7-5-8/h5-6H,3-4H2,1-2H3,(H,7,8). The highest BCUT2D eigenvalue weighted by atomic mass is 16.1. The lowest BCUT2D eigenvalue weighted by molar-refractivity contribution is -0.110. The number of rotatable bonds is 4. The number of carbonyl (C=O) groups is 1. The fraction of sp³-hybridized carbons (Fsp3) is 0.833. The number of amides is 1. The minimum Gasteiger partial charge on any atom is -0.356 e. The summed E-state index contributed by atoms with van der Waals surface area (Å²) in [6, 6.07) is 0.345. The zero-order valence-corrected chi connectivity index (χ0v) is 5.48. The van der Waals surface area contributed by atoms with Crippen LogP contribution in [-0.2, 0) is 4.79 Å². The zero-order valence-electron chi connectivity index (χ0n) is 5.48. The third-order valence-electron chi connectivity index (χ3n) is 1.07. The maximum atomic E-state index is 9.78. The lowest BCUT2D eigenvalue weighted by atomic mass is 10.2. The van der Waals surface area contributed by atoms with E-state index >= 15 is 0 Å². The average Bonchev–Trinajstić information content (AvgIpc) is 1.68. The summed E-state index contributed by atoms with van der Waals surface area (Å²) in [6.45, 7) is 4.10. The van der Waals surface area contributed by atoms with Gasteiger partial charge in [-0.3, -0.25) is 4.79 Å². The van der Waals surface area contributed by atoms with Crippen LogP contribution in [0.2, 0.25) is 0 Å². The van der Waals surface area contributed by atoms with Crippen LogP contribution in [0.1, 0.15) is 26.7 Å². The largest absolute Gasteiger partial charge is 0.356 e. The first kappa shape index (κ1) is 7.47. The molecule has 0 aromatic rings. The average molecular weight is 115 g/mol. The Kier molecular flexibility index (Phi) is 4.32. The second-order valence-electron chi connectivity index (χ2n) is 1.97. The minimum absolute atomic E-state index is 0.345. The van der Waals surface area contributed by atoms with Crippen molar-refractivity contribution in [3.63, 3.8) is 0 Å².